The van der Waals surface area contributed by atoms with Gasteiger partial charge in [0.25, 0.3) is 5.69 Å². The molecule has 0 unspecified atom stereocenters. The summed E-state index contributed by atoms with van der Waals surface area (Å²) < 4.78 is 11.5. The molecule has 1 saturated carbocycles. The van der Waals surface area contributed by atoms with Gasteiger partial charge >= 0.3 is 11.9 Å². The highest BCUT2D eigenvalue weighted by Crippen LogP contribution is 2.58. The zero-order valence-corrected chi connectivity index (χ0v) is 26.5. The Kier molecular flexibility index (Phi) is 8.66. The molecule has 1 aliphatic carbocycles. The molecule has 5 atom stereocenters. The number of hydrogen-bond donors (Lipinski definition) is 1. The molecule has 0 saturated heterocycles. The number of ether oxygens (including phenoxy) is 2. The van der Waals surface area contributed by atoms with Crippen LogP contribution < -0.4 is 10.1 Å². The van der Waals surface area contributed by atoms with Gasteiger partial charge in [-0.05, 0) is 72.0 Å². The predicted molar refractivity (Wildman–Crippen MR) is 173 cm³/mol. The normalized spacial score (nSPS) is 21.8. The molecule has 1 heterocycles. The van der Waals surface area contributed by atoms with Crippen LogP contribution in [-0.2, 0) is 4.74 Å². The maximum Gasteiger partial charge on any atom is 0.343 e. The maximum atomic E-state index is 13.4. The Labute approximate surface area is 271 Å². The van der Waals surface area contributed by atoms with Crippen molar-refractivity contribution in [1.82, 2.24) is 0 Å². The fourth-order valence-electron chi connectivity index (χ4n) is 6.11. The molecular formula is C33H26BrClN2O6S. The molecule has 2 aliphatic rings. The third-order valence-electron chi connectivity index (χ3n) is 8.11. The highest BCUT2D eigenvalue weighted by atomic mass is 79.9. The van der Waals surface area contributed by atoms with Gasteiger partial charge in [0, 0.05) is 27.4 Å². The number of nitro groups is 1. The highest BCUT2D eigenvalue weighted by Gasteiger charge is 2.50. The van der Waals surface area contributed by atoms with Crippen molar-refractivity contribution in [3.05, 3.63) is 128 Å². The van der Waals surface area contributed by atoms with Gasteiger partial charge in [0.15, 0.2) is 0 Å². The van der Waals surface area contributed by atoms with Crippen molar-refractivity contribution in [2.45, 2.75) is 33.9 Å². The minimum Gasteiger partial charge on any atom is -0.465 e. The number of anilines is 1. The molecule has 1 aliphatic heterocycles. The van der Waals surface area contributed by atoms with Gasteiger partial charge in [-0.2, -0.15) is 0 Å². The van der Waals surface area contributed by atoms with Crippen molar-refractivity contribution in [1.29, 1.82) is 0 Å². The molecule has 1 fully saturated rings. The van der Waals surface area contributed by atoms with Crippen LogP contribution in [0.15, 0.2) is 100 Å². The first-order valence-electron chi connectivity index (χ1n) is 13.8. The lowest BCUT2D eigenvalue weighted by atomic mass is 9.77. The van der Waals surface area contributed by atoms with Gasteiger partial charge in [-0.15, -0.1) is 23.4 Å². The summed E-state index contributed by atoms with van der Waals surface area (Å²) in [5.74, 6) is -1.24. The molecule has 224 valence electrons. The molecule has 4 aromatic rings. The number of rotatable bonds is 7. The zero-order chi connectivity index (χ0) is 31.0. The van der Waals surface area contributed by atoms with E-state index in [2.05, 4.69) is 33.4 Å². The molecule has 6 rings (SSSR count). The van der Waals surface area contributed by atoms with Crippen molar-refractivity contribution in [3.63, 3.8) is 0 Å². The maximum absolute atomic E-state index is 13.4. The van der Waals surface area contributed by atoms with E-state index in [-0.39, 0.29) is 50.4 Å². The van der Waals surface area contributed by atoms with Gasteiger partial charge in [-0.3, -0.25) is 10.1 Å². The van der Waals surface area contributed by atoms with Crippen LogP contribution in [0.4, 0.5) is 11.4 Å². The minimum absolute atomic E-state index is 0.0396. The molecule has 0 radical (unpaired) electrons. The third kappa shape index (κ3) is 5.81. The summed E-state index contributed by atoms with van der Waals surface area (Å²) in [4.78, 5) is 37.5. The number of alkyl halides is 1. The number of nitrogens with one attached hydrogen (secondary N) is 1. The molecule has 0 spiro atoms. The van der Waals surface area contributed by atoms with Gasteiger partial charge in [0.2, 0.25) is 0 Å². The number of carbonyl (C=O) groups is 2. The van der Waals surface area contributed by atoms with E-state index in [9.17, 15) is 19.7 Å². The average Bonchev–Trinajstić information content (AvgIpc) is 3.36. The summed E-state index contributed by atoms with van der Waals surface area (Å²) in [6.45, 7) is 0. The molecule has 0 amide bonds. The number of methoxy groups -OCH3 is 1. The Morgan fingerprint density at radius 3 is 2.48 bits per heavy atom. The Hall–Kier alpha value is -3.86. The van der Waals surface area contributed by atoms with Crippen molar-refractivity contribution < 1.29 is 24.0 Å². The van der Waals surface area contributed by atoms with Crippen molar-refractivity contribution in [3.8, 4) is 5.75 Å². The summed E-state index contributed by atoms with van der Waals surface area (Å²) in [5, 5.41) is 14.9. The first-order valence-corrected chi connectivity index (χ1v) is 16.0. The van der Waals surface area contributed by atoms with Gasteiger partial charge in [0.1, 0.15) is 11.3 Å². The number of halogens is 2. The van der Waals surface area contributed by atoms with E-state index in [1.54, 1.807) is 48.5 Å². The van der Waals surface area contributed by atoms with E-state index in [4.69, 9.17) is 21.1 Å². The van der Waals surface area contributed by atoms with E-state index in [0.717, 1.165) is 21.3 Å². The van der Waals surface area contributed by atoms with Gasteiger partial charge < -0.3 is 14.8 Å². The second-order valence-electron chi connectivity index (χ2n) is 10.6. The summed E-state index contributed by atoms with van der Waals surface area (Å²) in [6, 6.07) is 26.5. The average molecular weight is 694 g/mol. The van der Waals surface area contributed by atoms with Crippen LogP contribution in [-0.4, -0.2) is 34.6 Å². The quantitative estimate of drug-likeness (QED) is 0.0676. The highest BCUT2D eigenvalue weighted by molar-refractivity contribution is 9.10. The zero-order valence-electron chi connectivity index (χ0n) is 23.3. The van der Waals surface area contributed by atoms with E-state index in [0.29, 0.717) is 16.9 Å². The lowest BCUT2D eigenvalue weighted by Gasteiger charge is -2.38. The number of nitro benzene ring substituents is 1. The molecule has 0 bridgehead atoms. The van der Waals surface area contributed by atoms with Crippen LogP contribution in [0, 0.1) is 16.0 Å². The molecule has 8 nitrogen and oxygen atoms in total. The first kappa shape index (κ1) is 30.2. The number of fused-ring (bicyclic) bond motifs is 3. The van der Waals surface area contributed by atoms with Crippen LogP contribution in [0.2, 0.25) is 0 Å². The van der Waals surface area contributed by atoms with Crippen LogP contribution >= 0.6 is 39.3 Å². The number of thioether (sulfide) groups is 1. The molecular weight excluding hydrogens is 668 g/mol. The molecule has 1 N–H and O–H groups in total. The predicted octanol–water partition coefficient (Wildman–Crippen LogP) is 8.40. The van der Waals surface area contributed by atoms with Crippen LogP contribution in [0.1, 0.15) is 50.2 Å². The Morgan fingerprint density at radius 1 is 1.00 bits per heavy atom. The van der Waals surface area contributed by atoms with Crippen molar-refractivity contribution >= 4 is 62.6 Å². The van der Waals surface area contributed by atoms with E-state index in [1.807, 2.05) is 18.2 Å². The molecule has 11 heteroatoms. The van der Waals surface area contributed by atoms with Gasteiger partial charge in [-0.1, -0.05) is 52.3 Å². The van der Waals surface area contributed by atoms with Gasteiger partial charge in [-0.25, -0.2) is 9.59 Å². The fourth-order valence-corrected chi connectivity index (χ4v) is 8.32. The molecule has 0 aromatic heterocycles. The Bertz CT molecular complexity index is 1750. The topological polar surface area (TPSA) is 108 Å². The summed E-state index contributed by atoms with van der Waals surface area (Å²) in [5.41, 5.74) is 3.34. The lowest BCUT2D eigenvalue weighted by molar-refractivity contribution is -0.387. The number of hydrogen-bond acceptors (Lipinski definition) is 8. The number of carbonyl (C=O) groups excluding carboxylic acids is 2. The summed E-state index contributed by atoms with van der Waals surface area (Å²) in [7, 11) is 1.26. The smallest absolute Gasteiger partial charge is 0.343 e. The number of esters is 2. The molecule has 44 heavy (non-hydrogen) atoms. The second-order valence-corrected chi connectivity index (χ2v) is 13.3. The standard InChI is InChI=1S/C33H26BrClN2O6S/c1-42-33(39)21-6-2-4-8-26(21)43-32(38)19-12-15-24-22(16-19)29-23(31(36-24)18-10-13-20(34)14-11-18)17-28(30(29)35)44-27-9-5-3-7-25(27)37(40)41/h2-16,23,28-31,36H,17H2,1H3/t23-,28+,29-,30+,31+/m1/s1. The van der Waals surface area contributed by atoms with Crippen LogP contribution in [0.3, 0.4) is 0 Å². The van der Waals surface area contributed by atoms with Crippen LogP contribution in [0.25, 0.3) is 0 Å². The summed E-state index contributed by atoms with van der Waals surface area (Å²) >= 11 is 12.2. The minimum atomic E-state index is -0.620. The third-order valence-corrected chi connectivity index (χ3v) is 10.8. The number of benzene rings is 4. The first-order chi connectivity index (χ1) is 21.2. The van der Waals surface area contributed by atoms with E-state index < -0.39 is 11.9 Å². The number of para-hydroxylation sites is 2. The van der Waals surface area contributed by atoms with E-state index >= 15 is 0 Å². The fraction of sp³-hybridized carbons (Fsp3) is 0.212. The summed E-state index contributed by atoms with van der Waals surface area (Å²) in [6.07, 6.45) is 0.698. The van der Waals surface area contributed by atoms with Crippen LogP contribution in [0.5, 0.6) is 5.75 Å². The van der Waals surface area contributed by atoms with Gasteiger partial charge in [0.05, 0.1) is 33.9 Å². The van der Waals surface area contributed by atoms with E-state index in [1.165, 1.54) is 31.0 Å². The van der Waals surface area contributed by atoms with Crippen molar-refractivity contribution in [2.75, 3.05) is 12.4 Å². The Morgan fingerprint density at radius 2 is 1.73 bits per heavy atom. The largest absolute Gasteiger partial charge is 0.465 e. The van der Waals surface area contributed by atoms with Crippen molar-refractivity contribution in [2.24, 2.45) is 5.92 Å². The number of nitrogens with zero attached hydrogens (tertiary/aromatic N) is 1. The Balaban J connectivity index is 1.35. The monoisotopic (exact) mass is 692 g/mol. The molecule has 4 aromatic carbocycles. The SMILES string of the molecule is COC(=O)c1ccccc1OC(=O)c1ccc2c(c1)[C@H]1[C@@H](Cl)[C@@H](Sc3ccccc3[N+](=O)[O-])C[C@H]1[C@H](c1ccc(Br)cc1)N2. The lowest BCUT2D eigenvalue weighted by Crippen LogP contribution is -2.31. The second kappa shape index (κ2) is 12.6.